The highest BCUT2D eigenvalue weighted by Gasteiger charge is 2.33. The smallest absolute Gasteiger partial charge is 0.342 e. The third-order valence-corrected chi connectivity index (χ3v) is 4.21. The van der Waals surface area contributed by atoms with Gasteiger partial charge in [0.05, 0.1) is 5.56 Å². The summed E-state index contributed by atoms with van der Waals surface area (Å²) >= 11 is 0. The average molecular weight is 344 g/mol. The molecule has 4 nitrogen and oxygen atoms in total. The third kappa shape index (κ3) is 4.39. The molecule has 1 unspecified atom stereocenters. The van der Waals surface area contributed by atoms with Crippen LogP contribution in [0, 0.1) is 11.3 Å². The molecule has 1 atom stereocenters. The van der Waals surface area contributed by atoms with E-state index in [1.54, 1.807) is 4.90 Å². The van der Waals surface area contributed by atoms with E-state index in [2.05, 4.69) is 0 Å². The van der Waals surface area contributed by atoms with Crippen LogP contribution in [0.5, 0.6) is 0 Å². The highest BCUT2D eigenvalue weighted by molar-refractivity contribution is 5.81. The largest absolute Gasteiger partial charge is 0.417 e. The van der Waals surface area contributed by atoms with Crippen LogP contribution in [0.3, 0.4) is 0 Å². The Bertz CT molecular complexity index is 659. The lowest BCUT2D eigenvalue weighted by atomic mass is 9.91. The van der Waals surface area contributed by atoms with Crippen LogP contribution in [0.4, 0.5) is 13.2 Å². The molecule has 1 saturated heterocycles. The number of halogens is 3. The van der Waals surface area contributed by atoms with Gasteiger partial charge in [-0.15, -0.1) is 0 Å². The summed E-state index contributed by atoms with van der Waals surface area (Å²) < 4.78 is 39.5. The van der Waals surface area contributed by atoms with Crippen molar-refractivity contribution >= 4 is 5.91 Å². The predicted octanol–water partition coefficient (Wildman–Crippen LogP) is 3.15. The van der Waals surface area contributed by atoms with Crippen molar-refractivity contribution in [3.05, 3.63) is 34.2 Å². The van der Waals surface area contributed by atoms with E-state index in [-0.39, 0.29) is 18.4 Å². The summed E-state index contributed by atoms with van der Waals surface area (Å²) in [5, 5.41) is 0. The van der Waals surface area contributed by atoms with Gasteiger partial charge < -0.3 is 9.47 Å². The van der Waals surface area contributed by atoms with E-state index >= 15 is 0 Å². The van der Waals surface area contributed by atoms with Crippen molar-refractivity contribution in [1.29, 1.82) is 0 Å². The lowest BCUT2D eigenvalue weighted by Crippen LogP contribution is -2.46. The molecular weight excluding hydrogens is 321 g/mol. The van der Waals surface area contributed by atoms with E-state index < -0.39 is 22.7 Å². The number of hydrogen-bond acceptors (Lipinski definition) is 2. The molecule has 2 rings (SSSR count). The standard InChI is InChI=1S/C17H23F3N2O2/c1-16(2,3)15(24)21-8-4-5-12(9-21)10-22-11-13(17(18,19)20)6-7-14(22)23/h6-7,11-12H,4-5,8-10H2,1-3H3. The molecule has 1 aliphatic heterocycles. The zero-order valence-electron chi connectivity index (χ0n) is 14.2. The van der Waals surface area contributed by atoms with Crippen molar-refractivity contribution in [3.63, 3.8) is 0 Å². The van der Waals surface area contributed by atoms with Crippen LogP contribution in [0.1, 0.15) is 39.2 Å². The van der Waals surface area contributed by atoms with Crippen LogP contribution in [0.15, 0.2) is 23.1 Å². The normalized spacial score (nSPS) is 19.4. The molecule has 0 spiro atoms. The minimum atomic E-state index is -4.48. The molecule has 1 aromatic heterocycles. The number of carbonyl (C=O) groups is 1. The fraction of sp³-hybridized carbons (Fsp3) is 0.647. The molecule has 1 aromatic rings. The monoisotopic (exact) mass is 344 g/mol. The van der Waals surface area contributed by atoms with Gasteiger partial charge in [-0.2, -0.15) is 13.2 Å². The quantitative estimate of drug-likeness (QED) is 0.827. The maximum Gasteiger partial charge on any atom is 0.417 e. The maximum atomic E-state index is 12.8. The number of hydrogen-bond donors (Lipinski definition) is 0. The summed E-state index contributed by atoms with van der Waals surface area (Å²) in [4.78, 5) is 26.0. The van der Waals surface area contributed by atoms with Gasteiger partial charge in [-0.1, -0.05) is 20.8 Å². The molecule has 0 aliphatic carbocycles. The number of aromatic nitrogens is 1. The lowest BCUT2D eigenvalue weighted by Gasteiger charge is -2.36. The van der Waals surface area contributed by atoms with Gasteiger partial charge >= 0.3 is 6.18 Å². The first-order valence-corrected chi connectivity index (χ1v) is 8.05. The first-order chi connectivity index (χ1) is 11.0. The summed E-state index contributed by atoms with van der Waals surface area (Å²) in [6, 6.07) is 1.75. The van der Waals surface area contributed by atoms with E-state index in [1.165, 1.54) is 0 Å². The van der Waals surface area contributed by atoms with Crippen molar-refractivity contribution in [2.75, 3.05) is 13.1 Å². The second-order valence-corrected chi connectivity index (χ2v) is 7.42. The van der Waals surface area contributed by atoms with Crippen LogP contribution in [0.25, 0.3) is 0 Å². The molecule has 0 radical (unpaired) electrons. The second kappa shape index (κ2) is 6.61. The fourth-order valence-electron chi connectivity index (χ4n) is 2.99. The number of nitrogens with zero attached hydrogens (tertiary/aromatic N) is 2. The molecule has 2 heterocycles. The number of amides is 1. The lowest BCUT2D eigenvalue weighted by molar-refractivity contribution is -0.141. The number of likely N-dealkylation sites (tertiary alicyclic amines) is 1. The molecule has 1 aliphatic rings. The van der Waals surface area contributed by atoms with Crippen LogP contribution in [0.2, 0.25) is 0 Å². The summed E-state index contributed by atoms with van der Waals surface area (Å²) in [5.41, 5.74) is -1.78. The summed E-state index contributed by atoms with van der Waals surface area (Å²) in [6.07, 6.45) is -2.03. The SMILES string of the molecule is CC(C)(C)C(=O)N1CCCC(Cn2cc(C(F)(F)F)ccc2=O)C1. The molecule has 7 heteroatoms. The Kier molecular flexibility index (Phi) is 5.11. The highest BCUT2D eigenvalue weighted by atomic mass is 19.4. The zero-order valence-corrected chi connectivity index (χ0v) is 14.2. The van der Waals surface area contributed by atoms with E-state index in [0.717, 1.165) is 35.7 Å². The first-order valence-electron chi connectivity index (χ1n) is 8.05. The van der Waals surface area contributed by atoms with Crippen LogP contribution in [-0.4, -0.2) is 28.5 Å². The van der Waals surface area contributed by atoms with Crippen LogP contribution in [-0.2, 0) is 17.5 Å². The van der Waals surface area contributed by atoms with Crippen molar-refractivity contribution in [3.8, 4) is 0 Å². The summed E-state index contributed by atoms with van der Waals surface area (Å²) in [7, 11) is 0. The van der Waals surface area contributed by atoms with Gasteiger partial charge in [-0.05, 0) is 24.8 Å². The fourth-order valence-corrected chi connectivity index (χ4v) is 2.99. The van der Waals surface area contributed by atoms with Gasteiger partial charge in [0.2, 0.25) is 5.91 Å². The molecule has 134 valence electrons. The van der Waals surface area contributed by atoms with Crippen molar-refractivity contribution in [2.24, 2.45) is 11.3 Å². The van der Waals surface area contributed by atoms with Gasteiger partial charge in [0.25, 0.3) is 5.56 Å². The third-order valence-electron chi connectivity index (χ3n) is 4.21. The minimum absolute atomic E-state index is 0.0220. The van der Waals surface area contributed by atoms with Gasteiger partial charge in [0.1, 0.15) is 0 Å². The van der Waals surface area contributed by atoms with Crippen molar-refractivity contribution in [2.45, 2.75) is 46.3 Å². The molecule has 0 bridgehead atoms. The van der Waals surface area contributed by atoms with Gasteiger partial charge in [-0.25, -0.2) is 0 Å². The Morgan fingerprint density at radius 2 is 1.92 bits per heavy atom. The topological polar surface area (TPSA) is 42.3 Å². The summed E-state index contributed by atoms with van der Waals surface area (Å²) in [5.74, 6) is 0.00910. The Balaban J connectivity index is 2.14. The van der Waals surface area contributed by atoms with E-state index in [0.29, 0.717) is 13.1 Å². The Hall–Kier alpha value is -1.79. The molecule has 24 heavy (non-hydrogen) atoms. The number of piperidine rings is 1. The number of alkyl halides is 3. The zero-order chi connectivity index (χ0) is 18.1. The van der Waals surface area contributed by atoms with E-state index in [9.17, 15) is 22.8 Å². The number of rotatable bonds is 2. The van der Waals surface area contributed by atoms with Gasteiger partial charge in [-0.3, -0.25) is 9.59 Å². The molecule has 0 aromatic carbocycles. The highest BCUT2D eigenvalue weighted by Crippen LogP contribution is 2.29. The number of carbonyl (C=O) groups excluding carboxylic acids is 1. The first kappa shape index (κ1) is 18.5. The van der Waals surface area contributed by atoms with Crippen LogP contribution < -0.4 is 5.56 Å². The Morgan fingerprint density at radius 1 is 1.25 bits per heavy atom. The Labute approximate surface area is 139 Å². The molecule has 1 fully saturated rings. The average Bonchev–Trinajstić information content (AvgIpc) is 2.47. The van der Waals surface area contributed by atoms with Gasteiger partial charge in [0.15, 0.2) is 0 Å². The Morgan fingerprint density at radius 3 is 2.50 bits per heavy atom. The predicted molar refractivity (Wildman–Crippen MR) is 84.5 cm³/mol. The second-order valence-electron chi connectivity index (χ2n) is 7.42. The van der Waals surface area contributed by atoms with E-state index in [4.69, 9.17) is 0 Å². The molecule has 1 amide bonds. The molecule has 0 saturated carbocycles. The van der Waals surface area contributed by atoms with Gasteiger partial charge in [0, 0.05) is 37.3 Å². The van der Waals surface area contributed by atoms with Crippen LogP contribution >= 0.6 is 0 Å². The minimum Gasteiger partial charge on any atom is -0.342 e. The van der Waals surface area contributed by atoms with Crippen molar-refractivity contribution in [1.82, 2.24) is 9.47 Å². The molecular formula is C17H23F3N2O2. The van der Waals surface area contributed by atoms with Crippen molar-refractivity contribution < 1.29 is 18.0 Å². The number of pyridine rings is 1. The molecule has 0 N–H and O–H groups in total. The van der Waals surface area contributed by atoms with E-state index in [1.807, 2.05) is 20.8 Å². The summed E-state index contributed by atoms with van der Waals surface area (Å²) in [6.45, 7) is 6.85. The maximum absolute atomic E-state index is 12.8.